The summed E-state index contributed by atoms with van der Waals surface area (Å²) in [6.07, 6.45) is 2.26. The Hall–Kier alpha value is -4.22. The molecule has 0 radical (unpaired) electrons. The van der Waals surface area contributed by atoms with Crippen LogP contribution in [0.5, 0.6) is 5.75 Å². The molecule has 1 aliphatic heterocycles. The molecule has 256 valence electrons. The summed E-state index contributed by atoms with van der Waals surface area (Å²) in [4.78, 5) is 33.0. The van der Waals surface area contributed by atoms with E-state index in [1.165, 1.54) is 16.2 Å². The van der Waals surface area contributed by atoms with Crippen LogP contribution in [0.15, 0.2) is 65.7 Å². The first-order chi connectivity index (χ1) is 22.8. The molecule has 16 heteroatoms. The van der Waals surface area contributed by atoms with Gasteiger partial charge in [0.25, 0.3) is 15.8 Å². The van der Waals surface area contributed by atoms with Gasteiger partial charge >= 0.3 is 6.09 Å². The lowest BCUT2D eigenvalue weighted by atomic mass is 10.2. The number of benzene rings is 2. The van der Waals surface area contributed by atoms with Crippen molar-refractivity contribution in [3.8, 4) is 16.3 Å². The minimum absolute atomic E-state index is 0.0383. The number of aromatic nitrogens is 2. The second-order valence-corrected chi connectivity index (χ2v) is 14.6. The van der Waals surface area contributed by atoms with Crippen molar-refractivity contribution in [2.24, 2.45) is 0 Å². The van der Waals surface area contributed by atoms with Gasteiger partial charge in [-0.1, -0.05) is 0 Å². The molecule has 5 rings (SSSR count). The highest BCUT2D eigenvalue weighted by Gasteiger charge is 2.25. The molecule has 1 fully saturated rings. The molecule has 2 aromatic carbocycles. The number of nitro benzene ring substituents is 1. The maximum atomic E-state index is 12.8. The molecule has 0 aliphatic carbocycles. The first-order valence-electron chi connectivity index (χ1n) is 15.1. The molecule has 0 saturated carbocycles. The average molecular weight is 701 g/mol. The lowest BCUT2D eigenvalue weighted by Gasteiger charge is -2.27. The summed E-state index contributed by atoms with van der Waals surface area (Å²) in [7, 11) is -2.64. The lowest BCUT2D eigenvalue weighted by Crippen LogP contribution is -2.35. The number of hydrogen-bond donors (Lipinski definition) is 0. The fourth-order valence-electron chi connectivity index (χ4n) is 4.57. The number of pyridine rings is 1. The number of ether oxygens (including phenoxy) is 4. The van der Waals surface area contributed by atoms with E-state index in [9.17, 15) is 23.3 Å². The predicted molar refractivity (Wildman–Crippen MR) is 178 cm³/mol. The number of rotatable bonds is 12. The molecular formula is C32H36N4O10S2. The number of amides is 1. The van der Waals surface area contributed by atoms with Gasteiger partial charge in [-0.2, -0.15) is 8.42 Å². The largest absolute Gasteiger partial charge is 0.491 e. The van der Waals surface area contributed by atoms with Gasteiger partial charge in [-0.05, 0) is 82.5 Å². The first-order valence-corrected chi connectivity index (χ1v) is 17.4. The number of thiazole rings is 1. The van der Waals surface area contributed by atoms with Gasteiger partial charge in [0.05, 0.1) is 26.6 Å². The number of non-ortho nitro benzene ring substituents is 1. The summed E-state index contributed by atoms with van der Waals surface area (Å²) in [6.45, 7) is 5.52. The Morgan fingerprint density at radius 3 is 2.54 bits per heavy atom. The zero-order chi connectivity index (χ0) is 34.5. The van der Waals surface area contributed by atoms with Crippen molar-refractivity contribution < 1.29 is 41.3 Å². The van der Waals surface area contributed by atoms with Gasteiger partial charge in [-0.3, -0.25) is 19.2 Å². The Bertz CT molecular complexity index is 1840. The maximum Gasteiger partial charge on any atom is 0.415 e. The van der Waals surface area contributed by atoms with Gasteiger partial charge in [0.1, 0.15) is 34.9 Å². The Kier molecular flexibility index (Phi) is 10.9. The summed E-state index contributed by atoms with van der Waals surface area (Å²) >= 11 is 1.44. The van der Waals surface area contributed by atoms with Crippen molar-refractivity contribution in [3.63, 3.8) is 0 Å². The van der Waals surface area contributed by atoms with Crippen molar-refractivity contribution in [2.75, 3.05) is 31.8 Å². The Morgan fingerprint density at radius 1 is 1.12 bits per heavy atom. The summed E-state index contributed by atoms with van der Waals surface area (Å²) < 4.78 is 55.0. The van der Waals surface area contributed by atoms with Gasteiger partial charge < -0.3 is 18.9 Å². The van der Waals surface area contributed by atoms with E-state index in [0.717, 1.165) is 57.9 Å². The molecule has 2 unspecified atom stereocenters. The van der Waals surface area contributed by atoms with E-state index >= 15 is 0 Å². The predicted octanol–water partition coefficient (Wildman–Crippen LogP) is 6.33. The summed E-state index contributed by atoms with van der Waals surface area (Å²) in [6, 6.07) is 13.4. The molecule has 0 spiro atoms. The molecule has 3 heterocycles. The lowest BCUT2D eigenvalue weighted by molar-refractivity contribution is -0.384. The van der Waals surface area contributed by atoms with Crippen LogP contribution in [0.1, 0.15) is 40.0 Å². The van der Waals surface area contributed by atoms with Crippen molar-refractivity contribution in [2.45, 2.75) is 62.9 Å². The SMILES string of the molecule is CN(C(=O)OC(C)(C)C)c1ccc(-c2nc3ccc(OCC(COS(=O)(=O)c4ccc([N+](=O)[O-])cc4)OC4CCCCO4)cc3s2)cn1. The fourth-order valence-corrected chi connectivity index (χ4v) is 6.49. The van der Waals surface area contributed by atoms with E-state index in [0.29, 0.717) is 24.6 Å². The highest BCUT2D eigenvalue weighted by molar-refractivity contribution is 7.86. The fraction of sp³-hybridized carbons (Fsp3) is 0.406. The van der Waals surface area contributed by atoms with Gasteiger partial charge in [0.2, 0.25) is 0 Å². The van der Waals surface area contributed by atoms with Crippen molar-refractivity contribution in [1.82, 2.24) is 9.97 Å². The number of carbonyl (C=O) groups is 1. The molecule has 48 heavy (non-hydrogen) atoms. The third-order valence-electron chi connectivity index (χ3n) is 7.03. The Morgan fingerprint density at radius 2 is 1.90 bits per heavy atom. The quantitative estimate of drug-likeness (QED) is 0.0915. The Balaban J connectivity index is 1.25. The van der Waals surface area contributed by atoms with E-state index in [2.05, 4.69) is 4.98 Å². The molecule has 0 bridgehead atoms. The highest BCUT2D eigenvalue weighted by atomic mass is 32.2. The van der Waals surface area contributed by atoms with Gasteiger partial charge in [-0.25, -0.2) is 14.8 Å². The van der Waals surface area contributed by atoms with E-state index in [-0.39, 0.29) is 23.8 Å². The molecule has 14 nitrogen and oxygen atoms in total. The van der Waals surface area contributed by atoms with Crippen LogP contribution in [0.2, 0.25) is 0 Å². The topological polar surface area (TPSA) is 170 Å². The third kappa shape index (κ3) is 9.23. The van der Waals surface area contributed by atoms with E-state index in [1.807, 2.05) is 18.2 Å². The molecule has 1 amide bonds. The zero-order valence-electron chi connectivity index (χ0n) is 26.9. The summed E-state index contributed by atoms with van der Waals surface area (Å²) in [5, 5.41) is 11.7. The second kappa shape index (κ2) is 14.9. The Labute approximate surface area is 281 Å². The van der Waals surface area contributed by atoms with Crippen LogP contribution in [0.4, 0.5) is 16.3 Å². The number of fused-ring (bicyclic) bond motifs is 1. The van der Waals surface area contributed by atoms with Crippen molar-refractivity contribution >= 4 is 49.3 Å². The monoisotopic (exact) mass is 700 g/mol. The van der Waals surface area contributed by atoms with Crippen LogP contribution >= 0.6 is 11.3 Å². The minimum Gasteiger partial charge on any atom is -0.491 e. The molecule has 4 aromatic rings. The highest BCUT2D eigenvalue weighted by Crippen LogP contribution is 2.33. The third-order valence-corrected chi connectivity index (χ3v) is 9.39. The molecular weight excluding hydrogens is 665 g/mol. The van der Waals surface area contributed by atoms with Gasteiger partial charge in [0, 0.05) is 37.5 Å². The molecule has 1 saturated heterocycles. The van der Waals surface area contributed by atoms with Gasteiger partial charge in [-0.15, -0.1) is 11.3 Å². The van der Waals surface area contributed by atoms with Crippen LogP contribution in [-0.2, 0) is 28.5 Å². The van der Waals surface area contributed by atoms with E-state index in [1.54, 1.807) is 46.1 Å². The standard InChI is InChI=1S/C32H36N4O10S2/c1-32(2,3)46-31(37)35(4)28-15-8-21(18-33-28)30-34-26-14-11-23(17-27(26)47-30)43-19-24(45-29-7-5-6-16-42-29)20-44-48(40,41)25-12-9-22(10-13-25)36(38)39/h8-15,17-18,24,29H,5-7,16,19-20H2,1-4H3. The van der Waals surface area contributed by atoms with Crippen LogP contribution in [0.25, 0.3) is 20.8 Å². The van der Waals surface area contributed by atoms with E-state index < -0.39 is 39.1 Å². The number of carbonyl (C=O) groups excluding carboxylic acids is 1. The minimum atomic E-state index is -4.23. The van der Waals surface area contributed by atoms with Gasteiger partial charge in [0.15, 0.2) is 6.29 Å². The average Bonchev–Trinajstić information content (AvgIpc) is 3.49. The van der Waals surface area contributed by atoms with Crippen LogP contribution < -0.4 is 9.64 Å². The number of hydrogen-bond acceptors (Lipinski definition) is 13. The van der Waals surface area contributed by atoms with Crippen molar-refractivity contribution in [3.05, 3.63) is 70.9 Å². The summed E-state index contributed by atoms with van der Waals surface area (Å²) in [5.41, 5.74) is 0.657. The van der Waals surface area contributed by atoms with Crippen molar-refractivity contribution in [1.29, 1.82) is 0 Å². The summed E-state index contributed by atoms with van der Waals surface area (Å²) in [5.74, 6) is 0.950. The maximum absolute atomic E-state index is 12.8. The molecule has 0 N–H and O–H groups in total. The number of nitrogens with zero attached hydrogens (tertiary/aromatic N) is 4. The normalized spacial score (nSPS) is 16.0. The molecule has 2 atom stereocenters. The second-order valence-electron chi connectivity index (χ2n) is 11.9. The first kappa shape index (κ1) is 35.1. The van der Waals surface area contributed by atoms with Crippen LogP contribution in [0, 0.1) is 10.1 Å². The van der Waals surface area contributed by atoms with E-state index in [4.69, 9.17) is 28.1 Å². The zero-order valence-corrected chi connectivity index (χ0v) is 28.5. The number of anilines is 1. The smallest absolute Gasteiger partial charge is 0.415 e. The van der Waals surface area contributed by atoms with Crippen LogP contribution in [-0.4, -0.2) is 74.3 Å². The number of nitro groups is 1. The van der Waals surface area contributed by atoms with Crippen LogP contribution in [0.3, 0.4) is 0 Å². The molecule has 2 aromatic heterocycles. The molecule has 1 aliphatic rings.